The van der Waals surface area contributed by atoms with E-state index in [0.717, 1.165) is 16.8 Å². The molecule has 0 heterocycles. The van der Waals surface area contributed by atoms with Crippen molar-refractivity contribution in [1.82, 2.24) is 0 Å². The Labute approximate surface area is 189 Å². The normalized spacial score (nSPS) is 12.0. The maximum absolute atomic E-state index is 12.5. The van der Waals surface area contributed by atoms with Crippen molar-refractivity contribution in [2.75, 3.05) is 5.32 Å². The zero-order valence-corrected chi connectivity index (χ0v) is 19.1. The van der Waals surface area contributed by atoms with Crippen molar-refractivity contribution in [2.45, 2.75) is 46.1 Å². The summed E-state index contributed by atoms with van der Waals surface area (Å²) in [5.41, 5.74) is 3.21. The molecule has 5 nitrogen and oxygen atoms in total. The highest BCUT2D eigenvalue weighted by atomic mass is 16.6. The smallest absolute Gasteiger partial charge is 0.352 e. The Morgan fingerprint density at radius 3 is 2.12 bits per heavy atom. The van der Waals surface area contributed by atoms with Crippen LogP contribution in [-0.4, -0.2) is 18.0 Å². The average molecular weight is 432 g/mol. The standard InChI is InChI=1S/C27H29NO4/c1-18-10-14-21(15-11-18)28-25(29)20-12-16-22(17-13-20)32-26(30)19(2)31-24-9-7-6-8-23(24)27(3,4)5/h6-17,19H,1-5H3,(H,28,29). The zero-order chi connectivity index (χ0) is 23.3. The quantitative estimate of drug-likeness (QED) is 0.389. The van der Waals surface area contributed by atoms with E-state index in [4.69, 9.17) is 9.47 Å². The lowest BCUT2D eigenvalue weighted by atomic mass is 9.86. The van der Waals surface area contributed by atoms with Crippen LogP contribution in [0.15, 0.2) is 72.8 Å². The van der Waals surface area contributed by atoms with Gasteiger partial charge in [-0.2, -0.15) is 0 Å². The Balaban J connectivity index is 1.61. The van der Waals surface area contributed by atoms with E-state index in [0.29, 0.717) is 17.1 Å². The Hall–Kier alpha value is -3.60. The van der Waals surface area contributed by atoms with Crippen LogP contribution in [0.5, 0.6) is 11.5 Å². The van der Waals surface area contributed by atoms with Gasteiger partial charge >= 0.3 is 5.97 Å². The summed E-state index contributed by atoms with van der Waals surface area (Å²) in [5, 5.41) is 2.84. The molecule has 3 aromatic rings. The third-order valence-corrected chi connectivity index (χ3v) is 4.98. The summed E-state index contributed by atoms with van der Waals surface area (Å²) in [6.07, 6.45) is -0.789. The topological polar surface area (TPSA) is 64.6 Å². The van der Waals surface area contributed by atoms with Gasteiger partial charge in [0.2, 0.25) is 0 Å². The summed E-state index contributed by atoms with van der Waals surface area (Å²) < 4.78 is 11.3. The first-order valence-electron chi connectivity index (χ1n) is 10.6. The third-order valence-electron chi connectivity index (χ3n) is 4.98. The lowest BCUT2D eigenvalue weighted by Crippen LogP contribution is -2.29. The van der Waals surface area contributed by atoms with Gasteiger partial charge in [0.05, 0.1) is 0 Å². The number of anilines is 1. The highest BCUT2D eigenvalue weighted by Gasteiger charge is 2.23. The number of nitrogens with one attached hydrogen (secondary N) is 1. The van der Waals surface area contributed by atoms with Gasteiger partial charge in [0, 0.05) is 11.3 Å². The minimum Gasteiger partial charge on any atom is -0.479 e. The largest absolute Gasteiger partial charge is 0.479 e. The molecule has 1 unspecified atom stereocenters. The molecule has 1 amide bonds. The molecule has 0 saturated carbocycles. The number of carbonyl (C=O) groups is 2. The second kappa shape index (κ2) is 9.69. The maximum Gasteiger partial charge on any atom is 0.352 e. The number of rotatable bonds is 6. The molecule has 1 atom stereocenters. The van der Waals surface area contributed by atoms with Crippen LogP contribution in [0.3, 0.4) is 0 Å². The molecule has 3 aromatic carbocycles. The SMILES string of the molecule is Cc1ccc(NC(=O)c2ccc(OC(=O)C(C)Oc3ccccc3C(C)(C)C)cc2)cc1. The minimum atomic E-state index is -0.789. The van der Waals surface area contributed by atoms with Gasteiger partial charge in [-0.1, -0.05) is 56.7 Å². The van der Waals surface area contributed by atoms with E-state index < -0.39 is 12.1 Å². The Bertz CT molecular complexity index is 1080. The van der Waals surface area contributed by atoms with Crippen molar-refractivity contribution in [1.29, 1.82) is 0 Å². The first-order valence-corrected chi connectivity index (χ1v) is 10.6. The lowest BCUT2D eigenvalue weighted by Gasteiger charge is -2.24. The summed E-state index contributed by atoms with van der Waals surface area (Å²) >= 11 is 0. The molecular formula is C27H29NO4. The van der Waals surface area contributed by atoms with E-state index >= 15 is 0 Å². The Kier molecular flexibility index (Phi) is 6.98. The monoisotopic (exact) mass is 431 g/mol. The number of esters is 1. The average Bonchev–Trinajstić information content (AvgIpc) is 2.75. The van der Waals surface area contributed by atoms with Crippen LogP contribution in [0.25, 0.3) is 0 Å². The van der Waals surface area contributed by atoms with E-state index in [1.165, 1.54) is 0 Å². The van der Waals surface area contributed by atoms with Crippen LogP contribution in [0.4, 0.5) is 5.69 Å². The number of hydrogen-bond acceptors (Lipinski definition) is 4. The van der Waals surface area contributed by atoms with E-state index in [1.807, 2.05) is 55.5 Å². The second-order valence-electron chi connectivity index (χ2n) is 8.77. The molecule has 5 heteroatoms. The highest BCUT2D eigenvalue weighted by Crippen LogP contribution is 2.31. The van der Waals surface area contributed by atoms with Crippen molar-refractivity contribution in [3.8, 4) is 11.5 Å². The van der Waals surface area contributed by atoms with Crippen molar-refractivity contribution < 1.29 is 19.1 Å². The Morgan fingerprint density at radius 1 is 0.875 bits per heavy atom. The van der Waals surface area contributed by atoms with Crippen LogP contribution in [0, 0.1) is 6.92 Å². The maximum atomic E-state index is 12.5. The molecule has 0 fully saturated rings. The predicted molar refractivity (Wildman–Crippen MR) is 126 cm³/mol. The number of benzene rings is 3. The molecule has 0 spiro atoms. The molecule has 3 rings (SSSR count). The highest BCUT2D eigenvalue weighted by molar-refractivity contribution is 6.04. The van der Waals surface area contributed by atoms with Gasteiger partial charge < -0.3 is 14.8 Å². The van der Waals surface area contributed by atoms with Gasteiger partial charge in [-0.15, -0.1) is 0 Å². The number of carbonyl (C=O) groups excluding carboxylic acids is 2. The summed E-state index contributed by atoms with van der Waals surface area (Å²) in [6.45, 7) is 9.92. The first-order chi connectivity index (χ1) is 15.1. The van der Waals surface area contributed by atoms with Gasteiger partial charge in [0.1, 0.15) is 11.5 Å². The minimum absolute atomic E-state index is 0.116. The zero-order valence-electron chi connectivity index (χ0n) is 19.1. The molecule has 1 N–H and O–H groups in total. The van der Waals surface area contributed by atoms with E-state index in [-0.39, 0.29) is 11.3 Å². The molecule has 0 aromatic heterocycles. The van der Waals surface area contributed by atoms with Crippen molar-refractivity contribution in [2.24, 2.45) is 0 Å². The van der Waals surface area contributed by atoms with Crippen LogP contribution < -0.4 is 14.8 Å². The summed E-state index contributed by atoms with van der Waals surface area (Å²) in [5.74, 6) is 0.266. The van der Waals surface area contributed by atoms with Gasteiger partial charge in [0.25, 0.3) is 5.91 Å². The fraction of sp³-hybridized carbons (Fsp3) is 0.259. The number of para-hydroxylation sites is 1. The molecule has 0 aliphatic heterocycles. The van der Waals surface area contributed by atoms with Crippen LogP contribution >= 0.6 is 0 Å². The lowest BCUT2D eigenvalue weighted by molar-refractivity contribution is -0.141. The molecule has 0 saturated heterocycles. The molecule has 0 radical (unpaired) electrons. The van der Waals surface area contributed by atoms with Gasteiger partial charge in [-0.05, 0) is 67.3 Å². The number of ether oxygens (including phenoxy) is 2. The summed E-state index contributed by atoms with van der Waals surface area (Å²) in [4.78, 5) is 25.0. The van der Waals surface area contributed by atoms with E-state index in [2.05, 4.69) is 26.1 Å². The summed E-state index contributed by atoms with van der Waals surface area (Å²) in [7, 11) is 0. The second-order valence-corrected chi connectivity index (χ2v) is 8.77. The fourth-order valence-electron chi connectivity index (χ4n) is 3.14. The number of amides is 1. The number of hydrogen-bond donors (Lipinski definition) is 1. The van der Waals surface area contributed by atoms with Gasteiger partial charge in [-0.25, -0.2) is 4.79 Å². The van der Waals surface area contributed by atoms with Crippen LogP contribution in [0.1, 0.15) is 49.2 Å². The van der Waals surface area contributed by atoms with Gasteiger partial charge in [0.15, 0.2) is 6.10 Å². The fourth-order valence-corrected chi connectivity index (χ4v) is 3.14. The molecular weight excluding hydrogens is 402 g/mol. The molecule has 0 aliphatic rings. The van der Waals surface area contributed by atoms with Crippen LogP contribution in [-0.2, 0) is 10.2 Å². The van der Waals surface area contributed by atoms with Crippen molar-refractivity contribution >= 4 is 17.6 Å². The predicted octanol–water partition coefficient (Wildman–Crippen LogP) is 5.92. The van der Waals surface area contributed by atoms with E-state index in [9.17, 15) is 9.59 Å². The Morgan fingerprint density at radius 2 is 1.50 bits per heavy atom. The molecule has 166 valence electrons. The van der Waals surface area contributed by atoms with Crippen molar-refractivity contribution in [3.05, 3.63) is 89.5 Å². The first kappa shape index (κ1) is 23.1. The molecule has 0 aliphatic carbocycles. The molecule has 0 bridgehead atoms. The molecule has 32 heavy (non-hydrogen) atoms. The van der Waals surface area contributed by atoms with Crippen LogP contribution in [0.2, 0.25) is 0 Å². The van der Waals surface area contributed by atoms with E-state index in [1.54, 1.807) is 31.2 Å². The van der Waals surface area contributed by atoms with Gasteiger partial charge in [-0.3, -0.25) is 4.79 Å². The summed E-state index contributed by atoms with van der Waals surface area (Å²) in [6, 6.07) is 21.7. The third kappa shape index (κ3) is 5.97. The van der Waals surface area contributed by atoms with Crippen molar-refractivity contribution in [3.63, 3.8) is 0 Å². The number of aryl methyl sites for hydroxylation is 1.